The van der Waals surface area contributed by atoms with Gasteiger partial charge in [0, 0.05) is 6.07 Å². The summed E-state index contributed by atoms with van der Waals surface area (Å²) in [6.07, 6.45) is 0. The zero-order valence-electron chi connectivity index (χ0n) is 5.62. The fraction of sp³-hybridized carbons (Fsp3) is 0. The SMILES string of the molecule is [O-]OOSc1ccc(F)cc1F. The van der Waals surface area contributed by atoms with Gasteiger partial charge in [-0.2, -0.15) is 4.33 Å². The van der Waals surface area contributed by atoms with Crippen LogP contribution in [0.2, 0.25) is 0 Å². The van der Waals surface area contributed by atoms with E-state index in [0.717, 1.165) is 12.1 Å². The molecule has 1 aromatic carbocycles. The van der Waals surface area contributed by atoms with Crippen molar-refractivity contribution in [2.75, 3.05) is 0 Å². The third-order valence-electron chi connectivity index (χ3n) is 1.05. The molecule has 0 radical (unpaired) electrons. The Labute approximate surface area is 71.0 Å². The van der Waals surface area contributed by atoms with Crippen LogP contribution in [0.4, 0.5) is 8.78 Å². The molecule has 1 rings (SSSR count). The van der Waals surface area contributed by atoms with Crippen molar-refractivity contribution in [1.82, 2.24) is 0 Å². The monoisotopic (exact) mass is 193 g/mol. The van der Waals surface area contributed by atoms with Crippen LogP contribution in [0.15, 0.2) is 23.1 Å². The first-order valence-corrected chi connectivity index (χ1v) is 3.56. The van der Waals surface area contributed by atoms with E-state index >= 15 is 0 Å². The summed E-state index contributed by atoms with van der Waals surface area (Å²) in [5, 5.41) is 12.3. The second-order valence-corrected chi connectivity index (χ2v) is 2.54. The molecule has 0 atom stereocenters. The predicted octanol–water partition coefficient (Wildman–Crippen LogP) is 1.20. The summed E-state index contributed by atoms with van der Waals surface area (Å²) < 4.78 is 28.8. The van der Waals surface area contributed by atoms with Crippen molar-refractivity contribution < 1.29 is 23.4 Å². The quantitative estimate of drug-likeness (QED) is 0.411. The topological polar surface area (TPSA) is 41.5 Å². The summed E-state index contributed by atoms with van der Waals surface area (Å²) in [7, 11) is 0. The van der Waals surface area contributed by atoms with Crippen LogP contribution in [0.1, 0.15) is 0 Å². The van der Waals surface area contributed by atoms with Crippen LogP contribution in [-0.4, -0.2) is 0 Å². The average molecular weight is 193 g/mol. The Morgan fingerprint density at radius 1 is 1.33 bits per heavy atom. The number of halogens is 2. The first-order valence-electron chi connectivity index (χ1n) is 2.82. The molecule has 0 unspecified atom stereocenters. The summed E-state index contributed by atoms with van der Waals surface area (Å²) >= 11 is 0.379. The lowest BCUT2D eigenvalue weighted by Gasteiger charge is -2.04. The largest absolute Gasteiger partial charge is 0.691 e. The molecular formula is C6H3F2O3S-. The van der Waals surface area contributed by atoms with Crippen molar-refractivity contribution in [2.24, 2.45) is 0 Å². The molecule has 0 N–H and O–H groups in total. The van der Waals surface area contributed by atoms with E-state index in [1.807, 2.05) is 0 Å². The highest BCUT2D eigenvalue weighted by molar-refractivity contribution is 7.94. The van der Waals surface area contributed by atoms with E-state index in [-0.39, 0.29) is 4.90 Å². The van der Waals surface area contributed by atoms with Crippen molar-refractivity contribution >= 4 is 12.0 Å². The molecule has 0 saturated heterocycles. The summed E-state index contributed by atoms with van der Waals surface area (Å²) in [6, 6.07) is 2.85. The van der Waals surface area contributed by atoms with Crippen LogP contribution in [0.25, 0.3) is 0 Å². The molecule has 3 nitrogen and oxygen atoms in total. The Hall–Kier alpha value is -0.690. The second kappa shape index (κ2) is 4.36. The Morgan fingerprint density at radius 2 is 2.08 bits per heavy atom. The zero-order chi connectivity index (χ0) is 8.97. The average Bonchev–Trinajstić information content (AvgIpc) is 2.03. The van der Waals surface area contributed by atoms with E-state index in [1.165, 1.54) is 0 Å². The van der Waals surface area contributed by atoms with Gasteiger partial charge in [-0.15, -0.1) is 0 Å². The van der Waals surface area contributed by atoms with Crippen molar-refractivity contribution in [2.45, 2.75) is 4.90 Å². The highest BCUT2D eigenvalue weighted by Gasteiger charge is 2.04. The molecule has 0 fully saturated rings. The van der Waals surface area contributed by atoms with Crippen LogP contribution in [0.3, 0.4) is 0 Å². The molecule has 0 aromatic heterocycles. The lowest BCUT2D eigenvalue weighted by Crippen LogP contribution is -2.01. The Morgan fingerprint density at radius 3 is 2.67 bits per heavy atom. The molecule has 0 heterocycles. The van der Waals surface area contributed by atoms with Crippen LogP contribution >= 0.6 is 12.0 Å². The number of hydrogen-bond donors (Lipinski definition) is 0. The molecule has 12 heavy (non-hydrogen) atoms. The van der Waals surface area contributed by atoms with Crippen molar-refractivity contribution in [1.29, 1.82) is 0 Å². The first kappa shape index (κ1) is 9.40. The fourth-order valence-corrected chi connectivity index (χ4v) is 0.957. The minimum absolute atomic E-state index is 0.0211. The third kappa shape index (κ3) is 2.42. The molecule has 0 aliphatic rings. The molecule has 0 aliphatic carbocycles. The van der Waals surface area contributed by atoms with Gasteiger partial charge in [0.05, 0.1) is 16.9 Å². The summed E-state index contributed by atoms with van der Waals surface area (Å²) in [5.41, 5.74) is 0. The maximum Gasteiger partial charge on any atom is 0.142 e. The van der Waals surface area contributed by atoms with E-state index in [0.29, 0.717) is 18.1 Å². The molecule has 0 bridgehead atoms. The van der Waals surface area contributed by atoms with Gasteiger partial charge < -0.3 is 5.26 Å². The van der Waals surface area contributed by atoms with Gasteiger partial charge >= 0.3 is 0 Å². The second-order valence-electron chi connectivity index (χ2n) is 1.79. The third-order valence-corrected chi connectivity index (χ3v) is 1.68. The van der Waals surface area contributed by atoms with Crippen LogP contribution in [0, 0.1) is 11.6 Å². The van der Waals surface area contributed by atoms with E-state index in [4.69, 9.17) is 0 Å². The fourth-order valence-electron chi connectivity index (χ4n) is 0.593. The maximum atomic E-state index is 12.7. The van der Waals surface area contributed by atoms with E-state index < -0.39 is 11.6 Å². The molecule has 0 spiro atoms. The predicted molar refractivity (Wildman–Crippen MR) is 34.4 cm³/mol. The molecule has 66 valence electrons. The van der Waals surface area contributed by atoms with Gasteiger partial charge in [-0.1, -0.05) is 0 Å². The van der Waals surface area contributed by atoms with E-state index in [1.54, 1.807) is 0 Å². The summed E-state index contributed by atoms with van der Waals surface area (Å²) in [4.78, 5) is -0.0211. The van der Waals surface area contributed by atoms with E-state index in [2.05, 4.69) is 9.37 Å². The molecular weight excluding hydrogens is 190 g/mol. The molecule has 6 heteroatoms. The highest BCUT2D eigenvalue weighted by atomic mass is 32.2. The maximum absolute atomic E-state index is 12.7. The lowest BCUT2D eigenvalue weighted by atomic mass is 10.3. The summed E-state index contributed by atoms with van der Waals surface area (Å²) in [6.45, 7) is 0. The number of benzene rings is 1. The van der Waals surface area contributed by atoms with Crippen molar-refractivity contribution in [3.8, 4) is 0 Å². The molecule has 1 aromatic rings. The lowest BCUT2D eigenvalue weighted by molar-refractivity contribution is -0.777. The van der Waals surface area contributed by atoms with Crippen LogP contribution in [0.5, 0.6) is 0 Å². The van der Waals surface area contributed by atoms with Crippen molar-refractivity contribution in [3.05, 3.63) is 29.8 Å². The summed E-state index contributed by atoms with van der Waals surface area (Å²) in [5.74, 6) is -1.50. The normalized spacial score (nSPS) is 10.2. The first-order chi connectivity index (χ1) is 5.74. The Balaban J connectivity index is 2.72. The Bertz CT molecular complexity index is 269. The van der Waals surface area contributed by atoms with E-state index in [9.17, 15) is 14.0 Å². The van der Waals surface area contributed by atoms with Gasteiger partial charge in [-0.05, 0) is 12.1 Å². The van der Waals surface area contributed by atoms with Gasteiger partial charge in [-0.25, -0.2) is 8.78 Å². The Kier molecular flexibility index (Phi) is 3.42. The zero-order valence-corrected chi connectivity index (χ0v) is 6.44. The number of hydrogen-bond acceptors (Lipinski definition) is 4. The van der Waals surface area contributed by atoms with Crippen molar-refractivity contribution in [3.63, 3.8) is 0 Å². The highest BCUT2D eigenvalue weighted by Crippen LogP contribution is 2.22. The van der Waals surface area contributed by atoms with Crippen LogP contribution < -0.4 is 5.26 Å². The minimum Gasteiger partial charge on any atom is -0.691 e. The van der Waals surface area contributed by atoms with Gasteiger partial charge in [0.2, 0.25) is 0 Å². The minimum atomic E-state index is -0.808. The smallest absolute Gasteiger partial charge is 0.142 e. The molecule has 0 amide bonds. The van der Waals surface area contributed by atoms with Gasteiger partial charge in [0.1, 0.15) is 11.6 Å². The van der Waals surface area contributed by atoms with Gasteiger partial charge in [-0.3, -0.25) is 5.04 Å². The van der Waals surface area contributed by atoms with Crippen LogP contribution in [-0.2, 0) is 9.37 Å². The standard InChI is InChI=1S/C6H4F2O3S/c7-4-1-2-6(5(8)3-4)12-11-10-9/h1-3,9H/p-1. The number of rotatable bonds is 3. The van der Waals surface area contributed by atoms with Gasteiger partial charge in [0.15, 0.2) is 0 Å². The molecule has 0 aliphatic heterocycles. The van der Waals surface area contributed by atoms with Gasteiger partial charge in [0.25, 0.3) is 0 Å². The molecule has 0 saturated carbocycles.